The molecule has 1 amide bonds. The van der Waals surface area contributed by atoms with Crippen LogP contribution in [0, 0.1) is 5.92 Å². The number of carbonyl (C=O) groups is 1. The van der Waals surface area contributed by atoms with Crippen LogP contribution in [0.15, 0.2) is 48.5 Å². The molecule has 0 spiro atoms. The minimum atomic E-state index is 0. The Bertz CT molecular complexity index is 689. The number of carbonyl (C=O) groups excluding carboxylic acids is 1. The number of nitrogens with one attached hydrogen (secondary N) is 1. The van der Waals surface area contributed by atoms with Gasteiger partial charge in [0, 0.05) is 24.2 Å². The molecule has 0 fully saturated rings. The molecule has 0 atom stereocenters. The maximum absolute atomic E-state index is 12.1. The van der Waals surface area contributed by atoms with Gasteiger partial charge in [0.1, 0.15) is 5.75 Å². The van der Waals surface area contributed by atoms with E-state index in [2.05, 4.69) is 19.2 Å². The normalized spacial score (nSPS) is 10.3. The summed E-state index contributed by atoms with van der Waals surface area (Å²) in [5, 5.41) is 2.97. The third kappa shape index (κ3) is 7.36. The quantitative estimate of drug-likeness (QED) is 0.639. The maximum Gasteiger partial charge on any atom is 0.220 e. The van der Waals surface area contributed by atoms with Crippen LogP contribution in [0.5, 0.6) is 5.75 Å². The Hall–Kier alpha value is -2.20. The van der Waals surface area contributed by atoms with Gasteiger partial charge in [-0.3, -0.25) is 4.79 Å². The molecule has 0 saturated heterocycles. The number of ether oxygens (including phenoxy) is 1. The van der Waals surface area contributed by atoms with Crippen molar-refractivity contribution in [3.05, 3.63) is 59.7 Å². The maximum atomic E-state index is 12.1. The Labute approximate surface area is 162 Å². The van der Waals surface area contributed by atoms with E-state index in [9.17, 15) is 4.79 Å². The summed E-state index contributed by atoms with van der Waals surface area (Å²) in [6.07, 6.45) is 2.08. The standard InChI is InChI=1S/C21H28N2O2.ClH/c1-16(2)13-14-25-20-10-6-4-8-18(20)15-23-21(24)12-11-17-7-3-5-9-19(17)22;/h3-10,16H,11-15,22H2,1-2H3,(H,23,24);1H. The summed E-state index contributed by atoms with van der Waals surface area (Å²) < 4.78 is 5.86. The summed E-state index contributed by atoms with van der Waals surface area (Å²) in [5.41, 5.74) is 8.65. The molecule has 2 aromatic rings. The number of para-hydroxylation sites is 2. The van der Waals surface area contributed by atoms with Gasteiger partial charge in [-0.2, -0.15) is 0 Å². The van der Waals surface area contributed by atoms with E-state index >= 15 is 0 Å². The summed E-state index contributed by atoms with van der Waals surface area (Å²) in [4.78, 5) is 12.1. The smallest absolute Gasteiger partial charge is 0.220 e. The summed E-state index contributed by atoms with van der Waals surface area (Å²) >= 11 is 0. The van der Waals surface area contributed by atoms with Gasteiger partial charge in [0.15, 0.2) is 0 Å². The van der Waals surface area contributed by atoms with Crippen LogP contribution in [0.4, 0.5) is 5.69 Å². The van der Waals surface area contributed by atoms with Gasteiger partial charge in [-0.25, -0.2) is 0 Å². The highest BCUT2D eigenvalue weighted by molar-refractivity contribution is 5.85. The lowest BCUT2D eigenvalue weighted by Gasteiger charge is -2.13. The van der Waals surface area contributed by atoms with Crippen molar-refractivity contribution in [1.82, 2.24) is 5.32 Å². The van der Waals surface area contributed by atoms with Crippen LogP contribution >= 0.6 is 12.4 Å². The zero-order chi connectivity index (χ0) is 18.1. The Kier molecular flexibility index (Phi) is 9.60. The van der Waals surface area contributed by atoms with E-state index in [0.717, 1.165) is 29.0 Å². The highest BCUT2D eigenvalue weighted by atomic mass is 35.5. The van der Waals surface area contributed by atoms with Crippen molar-refractivity contribution in [1.29, 1.82) is 0 Å². The van der Waals surface area contributed by atoms with Gasteiger partial charge in [0.2, 0.25) is 5.91 Å². The second kappa shape index (κ2) is 11.4. The Morgan fingerprint density at radius 2 is 1.73 bits per heavy atom. The van der Waals surface area contributed by atoms with E-state index in [0.29, 0.717) is 31.9 Å². The first kappa shape index (κ1) is 21.8. The van der Waals surface area contributed by atoms with Crippen LogP contribution in [-0.4, -0.2) is 12.5 Å². The fourth-order valence-corrected chi connectivity index (χ4v) is 2.49. The summed E-state index contributed by atoms with van der Waals surface area (Å²) in [7, 11) is 0. The molecular formula is C21H29ClN2O2. The number of anilines is 1. The molecule has 26 heavy (non-hydrogen) atoms. The van der Waals surface area contributed by atoms with E-state index in [1.54, 1.807) is 0 Å². The number of hydrogen-bond donors (Lipinski definition) is 2. The molecule has 2 rings (SSSR count). The molecular weight excluding hydrogens is 348 g/mol. The minimum Gasteiger partial charge on any atom is -0.493 e. The number of nitrogen functional groups attached to an aromatic ring is 1. The molecule has 4 nitrogen and oxygen atoms in total. The minimum absolute atomic E-state index is 0. The Morgan fingerprint density at radius 1 is 1.08 bits per heavy atom. The van der Waals surface area contributed by atoms with Gasteiger partial charge in [-0.1, -0.05) is 50.2 Å². The lowest BCUT2D eigenvalue weighted by Crippen LogP contribution is -2.23. The monoisotopic (exact) mass is 376 g/mol. The molecule has 0 bridgehead atoms. The molecule has 3 N–H and O–H groups in total. The van der Waals surface area contributed by atoms with E-state index in [4.69, 9.17) is 10.5 Å². The van der Waals surface area contributed by atoms with Crippen LogP contribution in [0.2, 0.25) is 0 Å². The zero-order valence-electron chi connectivity index (χ0n) is 15.5. The first-order valence-electron chi connectivity index (χ1n) is 8.87. The average molecular weight is 377 g/mol. The van der Waals surface area contributed by atoms with Crippen molar-refractivity contribution < 1.29 is 9.53 Å². The predicted octanol–water partition coefficient (Wildman–Crippen LogP) is 4.36. The van der Waals surface area contributed by atoms with Crippen LogP contribution in [0.25, 0.3) is 0 Å². The van der Waals surface area contributed by atoms with Crippen LogP contribution in [0.1, 0.15) is 37.8 Å². The fraction of sp³-hybridized carbons (Fsp3) is 0.381. The molecule has 0 radical (unpaired) electrons. The fourth-order valence-electron chi connectivity index (χ4n) is 2.49. The van der Waals surface area contributed by atoms with Gasteiger partial charge in [0.05, 0.1) is 6.61 Å². The molecule has 0 heterocycles. The Morgan fingerprint density at radius 3 is 2.42 bits per heavy atom. The SMILES string of the molecule is CC(C)CCOc1ccccc1CNC(=O)CCc1ccccc1N.Cl. The molecule has 0 aliphatic rings. The van der Waals surface area contributed by atoms with E-state index < -0.39 is 0 Å². The Balaban J connectivity index is 0.00000338. The van der Waals surface area contributed by atoms with Crippen LogP contribution in [-0.2, 0) is 17.8 Å². The van der Waals surface area contributed by atoms with Gasteiger partial charge in [0.25, 0.3) is 0 Å². The average Bonchev–Trinajstić information content (AvgIpc) is 2.60. The van der Waals surface area contributed by atoms with Crippen molar-refractivity contribution in [3.63, 3.8) is 0 Å². The second-order valence-electron chi connectivity index (χ2n) is 6.61. The molecule has 0 aromatic heterocycles. The molecule has 0 aliphatic carbocycles. The lowest BCUT2D eigenvalue weighted by molar-refractivity contribution is -0.121. The highest BCUT2D eigenvalue weighted by Crippen LogP contribution is 2.19. The number of nitrogens with two attached hydrogens (primary N) is 1. The van der Waals surface area contributed by atoms with Gasteiger partial charge >= 0.3 is 0 Å². The first-order valence-corrected chi connectivity index (χ1v) is 8.87. The highest BCUT2D eigenvalue weighted by Gasteiger charge is 2.07. The third-order valence-corrected chi connectivity index (χ3v) is 4.08. The molecule has 2 aromatic carbocycles. The number of aryl methyl sites for hydroxylation is 1. The first-order chi connectivity index (χ1) is 12.1. The van der Waals surface area contributed by atoms with E-state index in [-0.39, 0.29) is 18.3 Å². The summed E-state index contributed by atoms with van der Waals surface area (Å²) in [5.74, 6) is 1.47. The molecule has 0 saturated carbocycles. The van der Waals surface area contributed by atoms with Gasteiger partial charge < -0.3 is 15.8 Å². The number of amides is 1. The third-order valence-electron chi connectivity index (χ3n) is 4.08. The summed E-state index contributed by atoms with van der Waals surface area (Å²) in [6, 6.07) is 15.5. The largest absolute Gasteiger partial charge is 0.493 e. The second-order valence-corrected chi connectivity index (χ2v) is 6.61. The number of hydrogen-bond acceptors (Lipinski definition) is 3. The van der Waals surface area contributed by atoms with E-state index in [1.165, 1.54) is 0 Å². The zero-order valence-corrected chi connectivity index (χ0v) is 16.4. The van der Waals surface area contributed by atoms with Crippen molar-refractivity contribution in [2.75, 3.05) is 12.3 Å². The van der Waals surface area contributed by atoms with Crippen molar-refractivity contribution in [3.8, 4) is 5.75 Å². The number of benzene rings is 2. The van der Waals surface area contributed by atoms with Gasteiger partial charge in [-0.05, 0) is 36.5 Å². The van der Waals surface area contributed by atoms with Crippen LogP contribution in [0.3, 0.4) is 0 Å². The van der Waals surface area contributed by atoms with Crippen LogP contribution < -0.4 is 15.8 Å². The molecule has 0 aliphatic heterocycles. The van der Waals surface area contributed by atoms with E-state index in [1.807, 2.05) is 48.5 Å². The molecule has 0 unspecified atom stereocenters. The van der Waals surface area contributed by atoms with Crippen molar-refractivity contribution >= 4 is 24.0 Å². The van der Waals surface area contributed by atoms with Crippen molar-refractivity contribution in [2.24, 2.45) is 5.92 Å². The molecule has 5 heteroatoms. The van der Waals surface area contributed by atoms with Crippen molar-refractivity contribution in [2.45, 2.75) is 39.7 Å². The topological polar surface area (TPSA) is 64.3 Å². The lowest BCUT2D eigenvalue weighted by atomic mass is 10.1. The summed E-state index contributed by atoms with van der Waals surface area (Å²) in [6.45, 7) is 5.51. The number of rotatable bonds is 9. The predicted molar refractivity (Wildman–Crippen MR) is 110 cm³/mol. The number of halogens is 1. The molecule has 142 valence electrons. The van der Waals surface area contributed by atoms with Gasteiger partial charge in [-0.15, -0.1) is 12.4 Å².